The van der Waals surface area contributed by atoms with Gasteiger partial charge in [0.25, 0.3) is 5.82 Å². The van der Waals surface area contributed by atoms with Crippen LogP contribution >= 0.6 is 0 Å². The zero-order chi connectivity index (χ0) is 21.6. The number of methoxy groups -OCH3 is 4. The Morgan fingerprint density at radius 1 is 1.17 bits per heavy atom. The molecule has 0 aliphatic rings. The van der Waals surface area contributed by atoms with Crippen LogP contribution in [0.5, 0.6) is 17.2 Å². The van der Waals surface area contributed by atoms with Gasteiger partial charge < -0.3 is 18.9 Å². The quantitative estimate of drug-likeness (QED) is 0.499. The largest absolute Gasteiger partial charge is 0.493 e. The number of benzene rings is 1. The highest BCUT2D eigenvalue weighted by Crippen LogP contribution is 2.38. The molecule has 0 unspecified atom stereocenters. The maximum atomic E-state index is 11.4. The molecule has 0 aliphatic carbocycles. The van der Waals surface area contributed by atoms with Crippen molar-refractivity contribution < 1.29 is 28.9 Å². The monoisotopic (exact) mass is 403 g/mol. The van der Waals surface area contributed by atoms with Gasteiger partial charge in [-0.15, -0.1) is 0 Å². The SMILES string of the molecule is COCc1c(C#N)c(NCc2cc(OC)c(OC)c(OC)c2)[nH+]c(C)c1[N+](=O)[O-]. The summed E-state index contributed by atoms with van der Waals surface area (Å²) in [6.45, 7) is 1.81. The minimum Gasteiger partial charge on any atom is -0.493 e. The van der Waals surface area contributed by atoms with Crippen LogP contribution in [0.1, 0.15) is 22.4 Å². The number of aryl methyl sites for hydroxylation is 1. The molecule has 0 aliphatic heterocycles. The van der Waals surface area contributed by atoms with E-state index >= 15 is 0 Å². The van der Waals surface area contributed by atoms with Crippen LogP contribution in [0.15, 0.2) is 12.1 Å². The Kier molecular flexibility index (Phi) is 7.16. The lowest BCUT2D eigenvalue weighted by atomic mass is 10.1. The van der Waals surface area contributed by atoms with Crippen LogP contribution in [0.4, 0.5) is 11.5 Å². The number of nitriles is 1. The topological polar surface area (TPSA) is 130 Å². The molecule has 0 radical (unpaired) electrons. The van der Waals surface area contributed by atoms with Crippen molar-refractivity contribution in [3.8, 4) is 23.3 Å². The predicted octanol–water partition coefficient (Wildman–Crippen LogP) is 2.37. The first-order valence-corrected chi connectivity index (χ1v) is 8.56. The summed E-state index contributed by atoms with van der Waals surface area (Å²) in [5, 5.41) is 24.2. The molecule has 2 N–H and O–H groups in total. The molecule has 29 heavy (non-hydrogen) atoms. The highest BCUT2D eigenvalue weighted by molar-refractivity contribution is 5.61. The zero-order valence-electron chi connectivity index (χ0n) is 16.9. The third-order valence-corrected chi connectivity index (χ3v) is 4.28. The first kappa shape index (κ1) is 21.7. The van der Waals surface area contributed by atoms with Gasteiger partial charge in [-0.25, -0.2) is 4.98 Å². The average Bonchev–Trinajstić information content (AvgIpc) is 2.71. The number of rotatable bonds is 9. The Morgan fingerprint density at radius 2 is 1.79 bits per heavy atom. The average molecular weight is 403 g/mol. The molecule has 0 atom stereocenters. The van der Waals surface area contributed by atoms with Gasteiger partial charge in [0, 0.05) is 19.6 Å². The number of pyridine rings is 1. The molecule has 0 saturated heterocycles. The Balaban J connectivity index is 2.46. The second kappa shape index (κ2) is 9.57. The van der Waals surface area contributed by atoms with Gasteiger partial charge in [-0.05, 0) is 12.1 Å². The second-order valence-electron chi connectivity index (χ2n) is 6.02. The van der Waals surface area contributed by atoms with E-state index < -0.39 is 4.92 Å². The number of nitrogens with zero attached hydrogens (tertiary/aromatic N) is 2. The van der Waals surface area contributed by atoms with E-state index in [-0.39, 0.29) is 23.4 Å². The number of aromatic nitrogens is 1. The van der Waals surface area contributed by atoms with Crippen molar-refractivity contribution in [1.29, 1.82) is 5.26 Å². The molecule has 10 nitrogen and oxygen atoms in total. The lowest BCUT2D eigenvalue weighted by Crippen LogP contribution is -2.22. The number of ether oxygens (including phenoxy) is 4. The standard InChI is InChI=1S/C19H22N4O6/c1-11-17(23(24)25)14(10-26-2)13(8-20)19(22-11)21-9-12-6-15(27-3)18(29-5)16(7-12)28-4/h6-7H,9-10H2,1-5H3,(H,21,22)/p+1. The number of hydrogen-bond acceptors (Lipinski definition) is 8. The fourth-order valence-electron chi connectivity index (χ4n) is 3.02. The number of aromatic amines is 1. The van der Waals surface area contributed by atoms with E-state index in [1.54, 1.807) is 19.1 Å². The van der Waals surface area contributed by atoms with Crippen molar-refractivity contribution in [3.05, 3.63) is 44.6 Å². The Labute approximate surface area is 168 Å². The molecule has 0 bridgehead atoms. The van der Waals surface area contributed by atoms with E-state index in [9.17, 15) is 15.4 Å². The Bertz CT molecular complexity index is 930. The molecule has 0 fully saturated rings. The number of anilines is 1. The minimum atomic E-state index is -0.524. The summed E-state index contributed by atoms with van der Waals surface area (Å²) in [5.74, 6) is 1.81. The van der Waals surface area contributed by atoms with Crippen molar-refractivity contribution in [2.24, 2.45) is 0 Å². The summed E-state index contributed by atoms with van der Waals surface area (Å²) in [7, 11) is 5.98. The molecule has 154 valence electrons. The number of nitrogens with one attached hydrogen (secondary N) is 2. The van der Waals surface area contributed by atoms with Gasteiger partial charge in [0.15, 0.2) is 22.8 Å². The number of nitro groups is 1. The highest BCUT2D eigenvalue weighted by atomic mass is 16.6. The van der Waals surface area contributed by atoms with Crippen LogP contribution in [-0.4, -0.2) is 33.4 Å². The smallest absolute Gasteiger partial charge is 0.317 e. The van der Waals surface area contributed by atoms with Crippen molar-refractivity contribution >= 4 is 11.5 Å². The fourth-order valence-corrected chi connectivity index (χ4v) is 3.02. The number of H-pyrrole nitrogens is 1. The summed E-state index contributed by atoms with van der Waals surface area (Å²) in [4.78, 5) is 13.8. The molecule has 2 rings (SSSR count). The summed E-state index contributed by atoms with van der Waals surface area (Å²) in [6, 6.07) is 5.57. The first-order valence-electron chi connectivity index (χ1n) is 8.56. The minimum absolute atomic E-state index is 0.0619. The van der Waals surface area contributed by atoms with Crippen LogP contribution in [0.3, 0.4) is 0 Å². The van der Waals surface area contributed by atoms with Gasteiger partial charge in [-0.2, -0.15) is 5.26 Å². The van der Waals surface area contributed by atoms with Crippen LogP contribution in [0, 0.1) is 28.4 Å². The Morgan fingerprint density at radius 3 is 2.24 bits per heavy atom. The fraction of sp³-hybridized carbons (Fsp3) is 0.368. The Hall–Kier alpha value is -3.58. The molecule has 2 aromatic rings. The summed E-state index contributed by atoms with van der Waals surface area (Å²) >= 11 is 0. The van der Waals surface area contributed by atoms with E-state index in [2.05, 4.69) is 10.3 Å². The maximum Gasteiger partial charge on any atom is 0.317 e. The third-order valence-electron chi connectivity index (χ3n) is 4.28. The van der Waals surface area contributed by atoms with Gasteiger partial charge in [-0.1, -0.05) is 0 Å². The zero-order valence-corrected chi connectivity index (χ0v) is 16.9. The van der Waals surface area contributed by atoms with Gasteiger partial charge >= 0.3 is 5.69 Å². The van der Waals surface area contributed by atoms with E-state index in [1.165, 1.54) is 28.4 Å². The van der Waals surface area contributed by atoms with Crippen molar-refractivity contribution in [2.75, 3.05) is 33.8 Å². The van der Waals surface area contributed by atoms with Gasteiger partial charge in [0.05, 0.1) is 38.4 Å². The van der Waals surface area contributed by atoms with E-state index in [1.807, 2.05) is 6.07 Å². The summed E-state index contributed by atoms with van der Waals surface area (Å²) in [6.07, 6.45) is 0. The molecule has 1 aromatic heterocycles. The molecule has 1 heterocycles. The van der Waals surface area contributed by atoms with E-state index in [0.29, 0.717) is 35.3 Å². The highest BCUT2D eigenvalue weighted by Gasteiger charge is 2.29. The maximum absolute atomic E-state index is 11.4. The molecular formula is C19H23N4O6+. The molecule has 10 heteroatoms. The molecular weight excluding hydrogens is 380 g/mol. The molecule has 1 aromatic carbocycles. The lowest BCUT2D eigenvalue weighted by Gasteiger charge is -2.14. The van der Waals surface area contributed by atoms with Crippen LogP contribution < -0.4 is 24.5 Å². The molecule has 0 saturated carbocycles. The van der Waals surface area contributed by atoms with Gasteiger partial charge in [0.1, 0.15) is 12.6 Å². The van der Waals surface area contributed by atoms with E-state index in [0.717, 1.165) is 5.56 Å². The van der Waals surface area contributed by atoms with Crippen LogP contribution in [-0.2, 0) is 17.9 Å². The lowest BCUT2D eigenvalue weighted by molar-refractivity contribution is -0.420. The van der Waals surface area contributed by atoms with E-state index in [4.69, 9.17) is 18.9 Å². The van der Waals surface area contributed by atoms with Crippen LogP contribution in [0.2, 0.25) is 0 Å². The van der Waals surface area contributed by atoms with Gasteiger partial charge in [-0.3, -0.25) is 15.4 Å². The molecule has 0 amide bonds. The van der Waals surface area contributed by atoms with Gasteiger partial charge in [0.2, 0.25) is 5.75 Å². The normalized spacial score (nSPS) is 10.2. The van der Waals surface area contributed by atoms with Crippen molar-refractivity contribution in [1.82, 2.24) is 0 Å². The first-order chi connectivity index (χ1) is 13.9. The third kappa shape index (κ3) is 4.47. The summed E-state index contributed by atoms with van der Waals surface area (Å²) < 4.78 is 21.1. The predicted molar refractivity (Wildman–Crippen MR) is 103 cm³/mol. The molecule has 0 spiro atoms. The number of hydrogen-bond donors (Lipinski definition) is 1. The second-order valence-corrected chi connectivity index (χ2v) is 6.02. The summed E-state index contributed by atoms with van der Waals surface area (Å²) in [5.41, 5.74) is 1.27. The van der Waals surface area contributed by atoms with Crippen molar-refractivity contribution in [2.45, 2.75) is 20.1 Å². The van der Waals surface area contributed by atoms with Crippen LogP contribution in [0.25, 0.3) is 0 Å². The van der Waals surface area contributed by atoms with Crippen molar-refractivity contribution in [3.63, 3.8) is 0 Å².